The van der Waals surface area contributed by atoms with Crippen LogP contribution in [0.2, 0.25) is 0 Å². The van der Waals surface area contributed by atoms with Gasteiger partial charge in [-0.2, -0.15) is 17.0 Å². The highest BCUT2D eigenvalue weighted by atomic mass is 32.2. The third-order valence-corrected chi connectivity index (χ3v) is 3.36. The monoisotopic (exact) mass is 268 g/mol. The third kappa shape index (κ3) is 4.02. The fourth-order valence-electron chi connectivity index (χ4n) is 1.31. The molecule has 0 radical (unpaired) electrons. The lowest BCUT2D eigenvalue weighted by atomic mass is 10.1. The number of nitrogens with two attached hydrogens (primary N) is 1. The molecule has 1 aromatic carbocycles. The molecule has 1 rings (SSSR count). The number of nitriles is 1. The van der Waals surface area contributed by atoms with Crippen molar-refractivity contribution in [3.8, 4) is 6.07 Å². The summed E-state index contributed by atoms with van der Waals surface area (Å²) in [6, 6.07) is 5.28. The Kier molecular flexibility index (Phi) is 5.62. The topological polar surface area (TPSA) is 76.1 Å². The fraction of sp³-hybridized carbons (Fsp3) is 0.333. The summed E-state index contributed by atoms with van der Waals surface area (Å²) in [6.45, 7) is 0. The van der Waals surface area contributed by atoms with Crippen LogP contribution in [0.3, 0.4) is 0 Å². The molecule has 1 unspecified atom stereocenters. The van der Waals surface area contributed by atoms with Crippen LogP contribution in [0.4, 0.5) is 4.39 Å². The summed E-state index contributed by atoms with van der Waals surface area (Å²) in [6.07, 6.45) is 0. The number of carbonyl (C=O) groups excluding carboxylic acids is 1. The largest absolute Gasteiger partial charge is 0.468 e. The summed E-state index contributed by atoms with van der Waals surface area (Å²) in [7, 11) is 1.27. The molecular formula is C12H13FN2O2S. The van der Waals surface area contributed by atoms with Gasteiger partial charge in [0.05, 0.1) is 18.7 Å². The van der Waals surface area contributed by atoms with Gasteiger partial charge in [-0.1, -0.05) is 0 Å². The minimum Gasteiger partial charge on any atom is -0.468 e. The number of esters is 1. The minimum absolute atomic E-state index is 0.355. The van der Waals surface area contributed by atoms with E-state index in [4.69, 9.17) is 11.0 Å². The maximum atomic E-state index is 13.0. The number of methoxy groups -OCH3 is 1. The lowest BCUT2D eigenvalue weighted by molar-refractivity contribution is -0.141. The summed E-state index contributed by atoms with van der Waals surface area (Å²) in [5, 5.41) is 8.86. The quantitative estimate of drug-likeness (QED) is 0.817. The predicted octanol–water partition coefficient (Wildman–Crippen LogP) is 1.43. The molecule has 0 aromatic heterocycles. The van der Waals surface area contributed by atoms with E-state index >= 15 is 0 Å². The lowest BCUT2D eigenvalue weighted by Crippen LogP contribution is -2.33. The molecule has 0 aliphatic carbocycles. The van der Waals surface area contributed by atoms with E-state index in [2.05, 4.69) is 4.74 Å². The van der Waals surface area contributed by atoms with Crippen molar-refractivity contribution in [1.29, 1.82) is 5.26 Å². The third-order valence-electron chi connectivity index (χ3n) is 2.25. The van der Waals surface area contributed by atoms with E-state index < -0.39 is 12.0 Å². The molecule has 1 aromatic rings. The molecule has 18 heavy (non-hydrogen) atoms. The van der Waals surface area contributed by atoms with Crippen molar-refractivity contribution >= 4 is 17.7 Å². The van der Waals surface area contributed by atoms with E-state index in [-0.39, 0.29) is 5.82 Å². The van der Waals surface area contributed by atoms with Gasteiger partial charge in [-0.15, -0.1) is 0 Å². The van der Waals surface area contributed by atoms with E-state index in [9.17, 15) is 9.18 Å². The molecule has 0 spiro atoms. The van der Waals surface area contributed by atoms with Crippen molar-refractivity contribution in [3.05, 3.63) is 35.1 Å². The zero-order valence-electron chi connectivity index (χ0n) is 9.85. The SMILES string of the molecule is COC(=O)C(N)CSCc1cc(F)ccc1C#N. The number of carbonyl (C=O) groups is 1. The molecule has 0 bridgehead atoms. The van der Waals surface area contributed by atoms with E-state index in [1.54, 1.807) is 0 Å². The standard InChI is InChI=1S/C12H13FN2O2S/c1-17-12(16)11(15)7-18-6-9-4-10(13)3-2-8(9)5-14/h2-4,11H,6-7,15H2,1H3. The Labute approximate surface area is 109 Å². The molecule has 1 atom stereocenters. The van der Waals surface area contributed by atoms with Crippen LogP contribution in [0.25, 0.3) is 0 Å². The van der Waals surface area contributed by atoms with Gasteiger partial charge in [0.1, 0.15) is 11.9 Å². The molecule has 0 fully saturated rings. The van der Waals surface area contributed by atoms with Gasteiger partial charge in [0.2, 0.25) is 0 Å². The molecule has 2 N–H and O–H groups in total. The summed E-state index contributed by atoms with van der Waals surface area (Å²) in [5.74, 6) is -0.0940. The average Bonchev–Trinajstić information content (AvgIpc) is 2.38. The number of rotatable bonds is 5. The number of thioether (sulfide) groups is 1. The Morgan fingerprint density at radius 1 is 1.67 bits per heavy atom. The maximum Gasteiger partial charge on any atom is 0.323 e. The fourth-order valence-corrected chi connectivity index (χ4v) is 2.27. The van der Waals surface area contributed by atoms with Crippen LogP contribution in [0.5, 0.6) is 0 Å². The van der Waals surface area contributed by atoms with Gasteiger partial charge >= 0.3 is 5.97 Å². The first-order valence-corrected chi connectivity index (χ1v) is 6.33. The Hall–Kier alpha value is -1.58. The van der Waals surface area contributed by atoms with Gasteiger partial charge in [0.25, 0.3) is 0 Å². The van der Waals surface area contributed by atoms with Gasteiger partial charge < -0.3 is 10.5 Å². The molecular weight excluding hydrogens is 255 g/mol. The van der Waals surface area contributed by atoms with Gasteiger partial charge in [-0.05, 0) is 23.8 Å². The van der Waals surface area contributed by atoms with E-state index in [0.717, 1.165) is 0 Å². The first kappa shape index (κ1) is 14.5. The van der Waals surface area contributed by atoms with Crippen molar-refractivity contribution in [2.24, 2.45) is 5.73 Å². The van der Waals surface area contributed by atoms with E-state index in [0.29, 0.717) is 22.6 Å². The van der Waals surface area contributed by atoms with Crippen LogP contribution in [0.15, 0.2) is 18.2 Å². The van der Waals surface area contributed by atoms with Gasteiger partial charge in [0, 0.05) is 11.5 Å². The number of hydrogen-bond acceptors (Lipinski definition) is 5. The number of ether oxygens (including phenoxy) is 1. The van der Waals surface area contributed by atoms with Crippen LogP contribution < -0.4 is 5.73 Å². The minimum atomic E-state index is -0.709. The van der Waals surface area contributed by atoms with Crippen LogP contribution in [-0.2, 0) is 15.3 Å². The van der Waals surface area contributed by atoms with Gasteiger partial charge in [-0.25, -0.2) is 4.39 Å². The van der Waals surface area contributed by atoms with Crippen molar-refractivity contribution in [3.63, 3.8) is 0 Å². The Bertz CT molecular complexity index is 474. The molecule has 0 saturated heterocycles. The molecule has 0 heterocycles. The van der Waals surface area contributed by atoms with E-state index in [1.807, 2.05) is 6.07 Å². The lowest BCUT2D eigenvalue weighted by Gasteiger charge is -2.09. The predicted molar refractivity (Wildman–Crippen MR) is 67.3 cm³/mol. The summed E-state index contributed by atoms with van der Waals surface area (Å²) < 4.78 is 17.5. The van der Waals surface area contributed by atoms with Crippen LogP contribution >= 0.6 is 11.8 Å². The first-order valence-electron chi connectivity index (χ1n) is 5.18. The zero-order valence-corrected chi connectivity index (χ0v) is 10.7. The number of halogens is 1. The zero-order chi connectivity index (χ0) is 13.5. The summed E-state index contributed by atoms with van der Waals surface area (Å²) >= 11 is 1.35. The Morgan fingerprint density at radius 3 is 3.00 bits per heavy atom. The molecule has 96 valence electrons. The van der Waals surface area contributed by atoms with Crippen molar-refractivity contribution in [2.75, 3.05) is 12.9 Å². The highest BCUT2D eigenvalue weighted by Gasteiger charge is 2.13. The maximum absolute atomic E-state index is 13.0. The Balaban J connectivity index is 2.56. The van der Waals surface area contributed by atoms with Crippen LogP contribution in [0.1, 0.15) is 11.1 Å². The number of benzene rings is 1. The van der Waals surface area contributed by atoms with Crippen LogP contribution in [0, 0.1) is 17.1 Å². The molecule has 6 heteroatoms. The Morgan fingerprint density at radius 2 is 2.39 bits per heavy atom. The second-order valence-electron chi connectivity index (χ2n) is 3.56. The summed E-state index contributed by atoms with van der Waals surface area (Å²) in [5.41, 5.74) is 6.58. The second kappa shape index (κ2) is 6.99. The highest BCUT2D eigenvalue weighted by molar-refractivity contribution is 7.98. The number of nitrogens with zero attached hydrogens (tertiary/aromatic N) is 1. The summed E-state index contributed by atoms with van der Waals surface area (Å²) in [4.78, 5) is 11.1. The van der Waals surface area contributed by atoms with Crippen molar-refractivity contribution in [2.45, 2.75) is 11.8 Å². The van der Waals surface area contributed by atoms with Crippen molar-refractivity contribution < 1.29 is 13.9 Å². The van der Waals surface area contributed by atoms with E-state index in [1.165, 1.54) is 37.1 Å². The molecule has 0 aliphatic rings. The average molecular weight is 268 g/mol. The molecule has 0 aliphatic heterocycles. The molecule has 0 saturated carbocycles. The highest BCUT2D eigenvalue weighted by Crippen LogP contribution is 2.18. The van der Waals surface area contributed by atoms with Gasteiger partial charge in [0.15, 0.2) is 0 Å². The van der Waals surface area contributed by atoms with Gasteiger partial charge in [-0.3, -0.25) is 4.79 Å². The van der Waals surface area contributed by atoms with Crippen molar-refractivity contribution in [1.82, 2.24) is 0 Å². The molecule has 4 nitrogen and oxygen atoms in total. The molecule has 0 amide bonds. The normalized spacial score (nSPS) is 11.7. The number of hydrogen-bond donors (Lipinski definition) is 1. The van der Waals surface area contributed by atoms with Crippen LogP contribution in [-0.4, -0.2) is 24.9 Å². The second-order valence-corrected chi connectivity index (χ2v) is 4.59. The first-order chi connectivity index (χ1) is 8.58. The smallest absolute Gasteiger partial charge is 0.323 e.